The lowest BCUT2D eigenvalue weighted by Crippen LogP contribution is -2.36. The van der Waals surface area contributed by atoms with Crippen LogP contribution in [0.1, 0.15) is 57.9 Å². The van der Waals surface area contributed by atoms with Crippen LogP contribution in [0.2, 0.25) is 0 Å². The highest BCUT2D eigenvalue weighted by molar-refractivity contribution is 5.63. The van der Waals surface area contributed by atoms with Crippen LogP contribution in [0, 0.1) is 5.41 Å². The first-order valence-electron chi connectivity index (χ1n) is 12.2. The highest BCUT2D eigenvalue weighted by Crippen LogP contribution is 2.33. The van der Waals surface area contributed by atoms with Crippen molar-refractivity contribution in [2.75, 3.05) is 5.32 Å². The van der Waals surface area contributed by atoms with Crippen molar-refractivity contribution in [2.45, 2.75) is 66.0 Å². The Hall–Kier alpha value is -3.27. The van der Waals surface area contributed by atoms with E-state index < -0.39 is 0 Å². The second-order valence-electron chi connectivity index (χ2n) is 11.0. The Morgan fingerprint density at radius 3 is 2.09 bits per heavy atom. The van der Waals surface area contributed by atoms with E-state index in [0.717, 1.165) is 47.7 Å². The van der Waals surface area contributed by atoms with Crippen LogP contribution in [0.5, 0.6) is 5.75 Å². The van der Waals surface area contributed by atoms with Crippen molar-refractivity contribution in [3.63, 3.8) is 0 Å². The van der Waals surface area contributed by atoms with Crippen molar-refractivity contribution < 1.29 is 4.74 Å². The lowest BCUT2D eigenvalue weighted by atomic mass is 9.82. The van der Waals surface area contributed by atoms with Gasteiger partial charge in [0, 0.05) is 11.7 Å². The number of imidazole rings is 1. The van der Waals surface area contributed by atoms with Gasteiger partial charge in [0.25, 0.3) is 0 Å². The highest BCUT2D eigenvalue weighted by Gasteiger charge is 2.28. The molecular weight excluding hydrogens is 418 g/mol. The van der Waals surface area contributed by atoms with Gasteiger partial charge in [0.05, 0.1) is 5.69 Å². The summed E-state index contributed by atoms with van der Waals surface area (Å²) >= 11 is 0. The van der Waals surface area contributed by atoms with Gasteiger partial charge in [0.1, 0.15) is 12.4 Å². The van der Waals surface area contributed by atoms with Crippen LogP contribution in [0.3, 0.4) is 0 Å². The molecule has 2 heterocycles. The van der Waals surface area contributed by atoms with Crippen LogP contribution in [0.15, 0.2) is 79.0 Å². The minimum atomic E-state index is -0.0867. The Morgan fingerprint density at radius 1 is 0.794 bits per heavy atom. The fourth-order valence-electron chi connectivity index (χ4n) is 4.84. The first kappa shape index (κ1) is 23.9. The molecule has 0 radical (unpaired) electrons. The number of hydrogen-bond donors (Lipinski definition) is 1. The summed E-state index contributed by atoms with van der Waals surface area (Å²) in [7, 11) is 0. The molecule has 0 aliphatic carbocycles. The van der Waals surface area contributed by atoms with Gasteiger partial charge in [-0.05, 0) is 61.8 Å². The third-order valence-corrected chi connectivity index (χ3v) is 5.85. The largest absolute Gasteiger partial charge is 0.485 e. The number of aryl methyl sites for hydroxylation is 2. The second-order valence-corrected chi connectivity index (χ2v) is 11.0. The van der Waals surface area contributed by atoms with E-state index >= 15 is 0 Å². The lowest BCUT2D eigenvalue weighted by molar-refractivity contribution is 0.301. The van der Waals surface area contributed by atoms with E-state index in [1.54, 1.807) is 0 Å². The summed E-state index contributed by atoms with van der Waals surface area (Å²) in [6.07, 6.45) is 4.92. The molecule has 4 nitrogen and oxygen atoms in total. The zero-order valence-corrected chi connectivity index (χ0v) is 21.1. The van der Waals surface area contributed by atoms with E-state index in [-0.39, 0.29) is 11.0 Å². The topological polar surface area (TPSA) is 38.6 Å². The van der Waals surface area contributed by atoms with Crippen molar-refractivity contribution >= 4 is 11.5 Å². The predicted molar refractivity (Wildman–Crippen MR) is 142 cm³/mol. The minimum absolute atomic E-state index is 0.0867. The minimum Gasteiger partial charge on any atom is -0.485 e. The Balaban J connectivity index is 1.67. The van der Waals surface area contributed by atoms with E-state index in [2.05, 4.69) is 93.0 Å². The number of benzene rings is 2. The van der Waals surface area contributed by atoms with E-state index in [0.29, 0.717) is 6.61 Å². The molecule has 0 unspecified atom stereocenters. The van der Waals surface area contributed by atoms with Crippen molar-refractivity contribution in [3.8, 4) is 5.75 Å². The fraction of sp³-hybridized carbons (Fsp3) is 0.367. The Kier molecular flexibility index (Phi) is 6.97. The first-order chi connectivity index (χ1) is 16.2. The van der Waals surface area contributed by atoms with Gasteiger partial charge in [-0.25, -0.2) is 4.98 Å². The van der Waals surface area contributed by atoms with E-state index in [4.69, 9.17) is 9.72 Å². The first-order valence-corrected chi connectivity index (χ1v) is 12.2. The molecule has 4 heteroatoms. The van der Waals surface area contributed by atoms with Gasteiger partial charge >= 0.3 is 0 Å². The van der Waals surface area contributed by atoms with Crippen LogP contribution >= 0.6 is 0 Å². The monoisotopic (exact) mass is 455 g/mol. The lowest BCUT2D eigenvalue weighted by Gasteiger charge is -2.34. The molecule has 0 aliphatic rings. The summed E-state index contributed by atoms with van der Waals surface area (Å²) in [4.78, 5) is 5.10. The number of hydrogen-bond acceptors (Lipinski definition) is 3. The van der Waals surface area contributed by atoms with Gasteiger partial charge in [-0.2, -0.15) is 0 Å². The zero-order chi connectivity index (χ0) is 24.2. The maximum absolute atomic E-state index is 6.24. The molecule has 0 amide bonds. The summed E-state index contributed by atoms with van der Waals surface area (Å²) < 4.78 is 8.39. The predicted octanol–water partition coefficient (Wildman–Crippen LogP) is 7.33. The molecule has 0 atom stereocenters. The Bertz CT molecular complexity index is 1200. The third kappa shape index (κ3) is 6.19. The molecule has 0 aliphatic heterocycles. The maximum atomic E-state index is 6.24. The number of nitrogens with zero attached hydrogens (tertiary/aromatic N) is 2. The van der Waals surface area contributed by atoms with Crippen molar-refractivity contribution in [1.82, 2.24) is 9.38 Å². The van der Waals surface area contributed by atoms with Gasteiger partial charge in [-0.15, -0.1) is 0 Å². The van der Waals surface area contributed by atoms with Crippen LogP contribution < -0.4 is 10.1 Å². The summed E-state index contributed by atoms with van der Waals surface area (Å²) in [5.41, 5.74) is 4.52. The van der Waals surface area contributed by atoms with Crippen molar-refractivity contribution in [1.29, 1.82) is 0 Å². The molecular formula is C30H37N3O. The number of rotatable bonds is 9. The summed E-state index contributed by atoms with van der Waals surface area (Å²) in [5.74, 6) is 1.86. The molecule has 0 saturated heterocycles. The average Bonchev–Trinajstić information content (AvgIpc) is 3.13. The average molecular weight is 456 g/mol. The number of anilines is 1. The SMILES string of the molecule is CC(C)(C)CC(C)(C)Nc1c(CCc2ccccc2)nc2c(OCc3ccccc3)cccn12. The number of nitrogens with one attached hydrogen (secondary N) is 1. The van der Waals surface area contributed by atoms with Crippen LogP contribution in [0.25, 0.3) is 5.65 Å². The van der Waals surface area contributed by atoms with Gasteiger partial charge in [0.2, 0.25) is 0 Å². The van der Waals surface area contributed by atoms with Crippen LogP contribution in [-0.2, 0) is 19.4 Å². The van der Waals surface area contributed by atoms with Gasteiger partial charge < -0.3 is 10.1 Å². The number of aromatic nitrogens is 2. The Morgan fingerprint density at radius 2 is 1.44 bits per heavy atom. The number of ether oxygens (including phenoxy) is 1. The zero-order valence-electron chi connectivity index (χ0n) is 21.1. The molecule has 0 fully saturated rings. The summed E-state index contributed by atoms with van der Waals surface area (Å²) in [5, 5.41) is 3.85. The molecule has 0 saturated carbocycles. The molecule has 178 valence electrons. The number of pyridine rings is 1. The molecule has 34 heavy (non-hydrogen) atoms. The van der Waals surface area contributed by atoms with Crippen molar-refractivity contribution in [3.05, 3.63) is 95.8 Å². The summed E-state index contributed by atoms with van der Waals surface area (Å²) in [6.45, 7) is 11.9. The molecule has 4 rings (SSSR count). The summed E-state index contributed by atoms with van der Waals surface area (Å²) in [6, 6.07) is 24.9. The fourth-order valence-corrected chi connectivity index (χ4v) is 4.84. The third-order valence-electron chi connectivity index (χ3n) is 5.85. The quantitative estimate of drug-likeness (QED) is 0.287. The highest BCUT2D eigenvalue weighted by atomic mass is 16.5. The molecule has 2 aromatic carbocycles. The van der Waals surface area contributed by atoms with E-state index in [1.807, 2.05) is 30.3 Å². The Labute approximate surface area is 204 Å². The standard InChI is InChI=1S/C30H37N3O/c1-29(2,3)22-30(4,5)32-27-25(19-18-23-13-8-6-9-14-23)31-28-26(17-12-20-33(27)28)34-21-24-15-10-7-11-16-24/h6-17,20,32H,18-19,21-22H2,1-5H3. The van der Waals surface area contributed by atoms with E-state index in [9.17, 15) is 0 Å². The maximum Gasteiger partial charge on any atom is 0.181 e. The van der Waals surface area contributed by atoms with Gasteiger partial charge in [-0.1, -0.05) is 81.4 Å². The van der Waals surface area contributed by atoms with Gasteiger partial charge in [0.15, 0.2) is 11.4 Å². The van der Waals surface area contributed by atoms with Crippen LogP contribution in [0.4, 0.5) is 5.82 Å². The van der Waals surface area contributed by atoms with Gasteiger partial charge in [-0.3, -0.25) is 4.40 Å². The van der Waals surface area contributed by atoms with Crippen LogP contribution in [-0.4, -0.2) is 14.9 Å². The molecule has 0 bridgehead atoms. The molecule has 0 spiro atoms. The molecule has 2 aromatic heterocycles. The normalized spacial score (nSPS) is 12.1. The number of fused-ring (bicyclic) bond motifs is 1. The van der Waals surface area contributed by atoms with E-state index in [1.165, 1.54) is 5.56 Å². The smallest absolute Gasteiger partial charge is 0.181 e. The van der Waals surface area contributed by atoms with Crippen molar-refractivity contribution in [2.24, 2.45) is 5.41 Å². The molecule has 4 aromatic rings. The second kappa shape index (κ2) is 9.92. The molecule has 1 N–H and O–H groups in total.